The largest absolute Gasteiger partial charge is 0.307 e. The molecule has 0 saturated heterocycles. The smallest absolute Gasteiger partial charge is 0.0726 e. The molecular weight excluding hydrogens is 551 g/mol. The van der Waals surface area contributed by atoms with Gasteiger partial charge in [0, 0.05) is 31.6 Å². The number of rotatable bonds is 2. The van der Waals surface area contributed by atoms with Crippen molar-refractivity contribution >= 4 is 85.6 Å². The highest BCUT2D eigenvalue weighted by Crippen LogP contribution is 2.48. The third-order valence-corrected chi connectivity index (χ3v) is 10.5. The van der Waals surface area contributed by atoms with Crippen molar-refractivity contribution in [3.63, 3.8) is 0 Å². The number of hydrogen-bond donors (Lipinski definition) is 0. The van der Waals surface area contributed by atoms with Crippen LogP contribution in [0.1, 0.15) is 0 Å². The average Bonchev–Trinajstić information content (AvgIpc) is 3.64. The molecule has 2 heteroatoms. The van der Waals surface area contributed by atoms with Crippen molar-refractivity contribution in [2.75, 3.05) is 0 Å². The van der Waals surface area contributed by atoms with Crippen molar-refractivity contribution in [3.8, 4) is 16.8 Å². The van der Waals surface area contributed by atoms with Crippen molar-refractivity contribution < 1.29 is 0 Å². The first kappa shape index (κ1) is 24.0. The second-order valence-electron chi connectivity index (χ2n) is 11.7. The standard InChI is InChI=1S/C42H25NS/c1-2-12-28-24-29(21-20-26(28)10-1)30-22-23-37-35(25-30)39-32-15-5-6-16-33(32)40-34-17-7-8-19-38(34)44-42(40)41(39)43(37)36-18-9-13-27-11-3-4-14-31(27)36/h1-25H. The fraction of sp³-hybridized carbons (Fsp3) is 0. The van der Waals surface area contributed by atoms with Gasteiger partial charge in [0.05, 0.1) is 21.4 Å². The van der Waals surface area contributed by atoms with Crippen LogP contribution in [0.3, 0.4) is 0 Å². The highest BCUT2D eigenvalue weighted by atomic mass is 32.1. The molecule has 204 valence electrons. The summed E-state index contributed by atoms with van der Waals surface area (Å²) >= 11 is 1.92. The van der Waals surface area contributed by atoms with E-state index in [4.69, 9.17) is 0 Å². The van der Waals surface area contributed by atoms with Crippen molar-refractivity contribution in [1.82, 2.24) is 4.57 Å². The van der Waals surface area contributed by atoms with E-state index in [9.17, 15) is 0 Å². The summed E-state index contributed by atoms with van der Waals surface area (Å²) in [5.74, 6) is 0. The van der Waals surface area contributed by atoms with Crippen LogP contribution in [0.15, 0.2) is 152 Å². The van der Waals surface area contributed by atoms with Crippen LogP contribution in [0, 0.1) is 0 Å². The lowest BCUT2D eigenvalue weighted by Crippen LogP contribution is -1.95. The Morgan fingerprint density at radius 1 is 0.409 bits per heavy atom. The molecule has 0 radical (unpaired) electrons. The summed E-state index contributed by atoms with van der Waals surface area (Å²) in [6.45, 7) is 0. The summed E-state index contributed by atoms with van der Waals surface area (Å²) in [5.41, 5.74) is 6.22. The van der Waals surface area contributed by atoms with Gasteiger partial charge in [-0.25, -0.2) is 0 Å². The second-order valence-corrected chi connectivity index (χ2v) is 12.8. The SMILES string of the molecule is c1ccc2cc(-c3ccc4c(c3)c3c5ccccc5c5c6ccccc6sc5c3n4-c3cccc4ccccc34)ccc2c1. The first-order valence-corrected chi connectivity index (χ1v) is 15.9. The van der Waals surface area contributed by atoms with Gasteiger partial charge in [-0.05, 0) is 68.4 Å². The molecule has 0 amide bonds. The first-order chi connectivity index (χ1) is 21.8. The molecule has 2 aromatic heterocycles. The van der Waals surface area contributed by atoms with Gasteiger partial charge in [-0.3, -0.25) is 0 Å². The Bertz CT molecular complexity index is 2770. The molecule has 2 heterocycles. The van der Waals surface area contributed by atoms with E-state index in [1.54, 1.807) is 0 Å². The van der Waals surface area contributed by atoms with E-state index >= 15 is 0 Å². The number of hydrogen-bond acceptors (Lipinski definition) is 1. The van der Waals surface area contributed by atoms with Gasteiger partial charge >= 0.3 is 0 Å². The summed E-state index contributed by atoms with van der Waals surface area (Å²) < 4.78 is 5.21. The topological polar surface area (TPSA) is 4.93 Å². The predicted octanol–water partition coefficient (Wildman–Crippen LogP) is 12.3. The quantitative estimate of drug-likeness (QED) is 0.193. The van der Waals surface area contributed by atoms with Gasteiger partial charge < -0.3 is 4.57 Å². The molecule has 0 N–H and O–H groups in total. The molecule has 0 aliphatic rings. The molecule has 0 fully saturated rings. The Balaban J connectivity index is 1.43. The Morgan fingerprint density at radius 3 is 1.91 bits per heavy atom. The Hall–Kier alpha value is -5.44. The van der Waals surface area contributed by atoms with E-state index in [0.29, 0.717) is 0 Å². The second kappa shape index (κ2) is 9.03. The molecule has 0 bridgehead atoms. The highest BCUT2D eigenvalue weighted by molar-refractivity contribution is 7.27. The maximum Gasteiger partial charge on any atom is 0.0726 e. The van der Waals surface area contributed by atoms with Crippen molar-refractivity contribution in [3.05, 3.63) is 152 Å². The Labute approximate surface area is 257 Å². The molecule has 8 aromatic carbocycles. The van der Waals surface area contributed by atoms with Gasteiger partial charge in [-0.1, -0.05) is 121 Å². The van der Waals surface area contributed by atoms with Gasteiger partial charge in [0.1, 0.15) is 0 Å². The average molecular weight is 576 g/mol. The van der Waals surface area contributed by atoms with Crippen LogP contribution in [0.2, 0.25) is 0 Å². The minimum Gasteiger partial charge on any atom is -0.307 e. The van der Waals surface area contributed by atoms with E-state index in [-0.39, 0.29) is 0 Å². The van der Waals surface area contributed by atoms with Crippen molar-refractivity contribution in [2.45, 2.75) is 0 Å². The normalized spacial score (nSPS) is 12.1. The van der Waals surface area contributed by atoms with Crippen molar-refractivity contribution in [1.29, 1.82) is 0 Å². The lowest BCUT2D eigenvalue weighted by Gasteiger charge is -2.13. The molecule has 10 rings (SSSR count). The zero-order valence-corrected chi connectivity index (χ0v) is 24.6. The van der Waals surface area contributed by atoms with Crippen molar-refractivity contribution in [2.24, 2.45) is 0 Å². The van der Waals surface area contributed by atoms with Gasteiger partial charge in [0.15, 0.2) is 0 Å². The van der Waals surface area contributed by atoms with Gasteiger partial charge in [0.2, 0.25) is 0 Å². The maximum absolute atomic E-state index is 2.54. The van der Waals surface area contributed by atoms with Crippen LogP contribution in [0.4, 0.5) is 0 Å². The lowest BCUT2D eigenvalue weighted by molar-refractivity contribution is 1.21. The predicted molar refractivity (Wildman–Crippen MR) is 192 cm³/mol. The summed E-state index contributed by atoms with van der Waals surface area (Å²) in [4.78, 5) is 0. The molecule has 0 unspecified atom stereocenters. The number of thiophene rings is 1. The molecule has 44 heavy (non-hydrogen) atoms. The van der Waals surface area contributed by atoms with Crippen LogP contribution in [0.25, 0.3) is 91.1 Å². The number of nitrogens with zero attached hydrogens (tertiary/aromatic N) is 1. The molecular formula is C42H25NS. The summed E-state index contributed by atoms with van der Waals surface area (Å²) in [6, 6.07) is 55.9. The number of aromatic nitrogens is 1. The zero-order chi connectivity index (χ0) is 28.8. The van der Waals surface area contributed by atoms with Gasteiger partial charge in [0.25, 0.3) is 0 Å². The fourth-order valence-corrected chi connectivity index (χ4v) is 8.64. The van der Waals surface area contributed by atoms with Crippen LogP contribution >= 0.6 is 11.3 Å². The van der Waals surface area contributed by atoms with Crippen LogP contribution in [0.5, 0.6) is 0 Å². The molecule has 0 aliphatic heterocycles. The minimum absolute atomic E-state index is 1.22. The number of fused-ring (bicyclic) bond motifs is 12. The van der Waals surface area contributed by atoms with E-state index < -0.39 is 0 Å². The number of benzene rings is 8. The fourth-order valence-electron chi connectivity index (χ4n) is 7.38. The monoisotopic (exact) mass is 575 g/mol. The van der Waals surface area contributed by atoms with E-state index in [2.05, 4.69) is 156 Å². The van der Waals surface area contributed by atoms with Crippen LogP contribution in [-0.4, -0.2) is 4.57 Å². The molecule has 10 aromatic rings. The molecule has 1 nitrogen and oxygen atoms in total. The van der Waals surface area contributed by atoms with Crippen LogP contribution < -0.4 is 0 Å². The maximum atomic E-state index is 2.54. The molecule has 0 atom stereocenters. The molecule has 0 saturated carbocycles. The summed E-state index contributed by atoms with van der Waals surface area (Å²) in [6.07, 6.45) is 0. The van der Waals surface area contributed by atoms with Gasteiger partial charge in [-0.2, -0.15) is 0 Å². The van der Waals surface area contributed by atoms with Crippen LogP contribution in [-0.2, 0) is 0 Å². The summed E-state index contributed by atoms with van der Waals surface area (Å²) in [5, 5.41) is 13.0. The van der Waals surface area contributed by atoms with E-state index in [1.807, 2.05) is 11.3 Å². The first-order valence-electron chi connectivity index (χ1n) is 15.1. The zero-order valence-electron chi connectivity index (χ0n) is 23.8. The highest BCUT2D eigenvalue weighted by Gasteiger charge is 2.22. The summed E-state index contributed by atoms with van der Waals surface area (Å²) in [7, 11) is 0. The van der Waals surface area contributed by atoms with E-state index in [0.717, 1.165) is 0 Å². The Morgan fingerprint density at radius 2 is 1.05 bits per heavy atom. The third-order valence-electron chi connectivity index (χ3n) is 9.33. The van der Waals surface area contributed by atoms with Gasteiger partial charge in [-0.15, -0.1) is 11.3 Å². The molecule has 0 spiro atoms. The molecule has 0 aliphatic carbocycles. The lowest BCUT2D eigenvalue weighted by atomic mass is 9.96. The third kappa shape index (κ3) is 3.29. The van der Waals surface area contributed by atoms with E-state index in [1.165, 1.54) is 91.1 Å². The Kier molecular flexibility index (Phi) is 4.94. The minimum atomic E-state index is 1.22.